The Morgan fingerprint density at radius 2 is 1.42 bits per heavy atom. The number of rotatable bonds is 4. The second kappa shape index (κ2) is 8.16. The van der Waals surface area contributed by atoms with Crippen molar-refractivity contribution in [3.63, 3.8) is 0 Å². The zero-order valence-corrected chi connectivity index (χ0v) is 15.5. The van der Waals surface area contributed by atoms with Crippen LogP contribution in [-0.2, 0) is 11.3 Å². The molecule has 0 amide bonds. The van der Waals surface area contributed by atoms with Gasteiger partial charge in [-0.05, 0) is 17.2 Å². The SMILES string of the molecule is Clc1nc(N2CCOCC2)nc(N2CCN(Cc3ccccc3)CC2)n1. The van der Waals surface area contributed by atoms with Gasteiger partial charge in [-0.15, -0.1) is 0 Å². The monoisotopic (exact) mass is 374 g/mol. The predicted octanol–water partition coefficient (Wildman–Crippen LogP) is 1.68. The average molecular weight is 375 g/mol. The molecule has 8 heteroatoms. The van der Waals surface area contributed by atoms with E-state index in [9.17, 15) is 0 Å². The molecule has 2 saturated heterocycles. The fourth-order valence-corrected chi connectivity index (χ4v) is 3.47. The fraction of sp³-hybridized carbons (Fsp3) is 0.500. The van der Waals surface area contributed by atoms with Crippen molar-refractivity contribution >= 4 is 23.5 Å². The highest BCUT2D eigenvalue weighted by molar-refractivity contribution is 6.28. The Balaban J connectivity index is 1.40. The lowest BCUT2D eigenvalue weighted by Gasteiger charge is -2.35. The first-order valence-electron chi connectivity index (χ1n) is 9.03. The maximum Gasteiger partial charge on any atom is 0.231 e. The summed E-state index contributed by atoms with van der Waals surface area (Å²) in [5, 5.41) is 0.253. The normalized spacial score (nSPS) is 19.0. The third-order valence-electron chi connectivity index (χ3n) is 4.78. The minimum Gasteiger partial charge on any atom is -0.378 e. The summed E-state index contributed by atoms with van der Waals surface area (Å²) in [6, 6.07) is 10.6. The highest BCUT2D eigenvalue weighted by Gasteiger charge is 2.22. The maximum absolute atomic E-state index is 6.17. The van der Waals surface area contributed by atoms with Crippen molar-refractivity contribution in [3.05, 3.63) is 41.2 Å². The summed E-state index contributed by atoms with van der Waals surface area (Å²) in [6.07, 6.45) is 0. The molecular formula is C18H23ClN6O. The van der Waals surface area contributed by atoms with Gasteiger partial charge in [-0.1, -0.05) is 30.3 Å². The zero-order chi connectivity index (χ0) is 17.8. The van der Waals surface area contributed by atoms with Crippen LogP contribution in [0, 0.1) is 0 Å². The molecule has 26 heavy (non-hydrogen) atoms. The van der Waals surface area contributed by atoms with Gasteiger partial charge in [0.15, 0.2) is 0 Å². The Kier molecular flexibility index (Phi) is 5.48. The van der Waals surface area contributed by atoms with Gasteiger partial charge in [0, 0.05) is 45.8 Å². The van der Waals surface area contributed by atoms with Crippen LogP contribution in [0.15, 0.2) is 30.3 Å². The van der Waals surface area contributed by atoms with Crippen molar-refractivity contribution in [2.75, 3.05) is 62.3 Å². The second-order valence-corrected chi connectivity index (χ2v) is 6.89. The van der Waals surface area contributed by atoms with Crippen LogP contribution in [0.5, 0.6) is 0 Å². The number of morpholine rings is 1. The standard InChI is InChI=1S/C18H23ClN6O/c19-16-20-17(22-18(21-16)25-10-12-26-13-11-25)24-8-6-23(7-9-24)14-15-4-2-1-3-5-15/h1-5H,6-14H2. The molecule has 2 aromatic rings. The Bertz CT molecular complexity index is 717. The number of nitrogens with zero attached hydrogens (tertiary/aromatic N) is 6. The summed E-state index contributed by atoms with van der Waals surface area (Å²) < 4.78 is 5.40. The number of halogens is 1. The molecule has 0 atom stereocenters. The van der Waals surface area contributed by atoms with Crippen LogP contribution in [0.2, 0.25) is 5.28 Å². The molecule has 7 nitrogen and oxygen atoms in total. The van der Waals surface area contributed by atoms with Gasteiger partial charge >= 0.3 is 0 Å². The summed E-state index contributed by atoms with van der Waals surface area (Å²) in [5.74, 6) is 1.32. The van der Waals surface area contributed by atoms with E-state index in [1.807, 2.05) is 0 Å². The average Bonchev–Trinajstić information content (AvgIpc) is 2.70. The van der Waals surface area contributed by atoms with Crippen LogP contribution < -0.4 is 9.80 Å². The molecule has 0 saturated carbocycles. The molecule has 0 N–H and O–H groups in total. The number of ether oxygens (including phenoxy) is 1. The first-order chi connectivity index (χ1) is 12.8. The molecule has 3 heterocycles. The number of hydrogen-bond acceptors (Lipinski definition) is 7. The van der Waals surface area contributed by atoms with Crippen molar-refractivity contribution in [2.45, 2.75) is 6.54 Å². The van der Waals surface area contributed by atoms with Gasteiger partial charge in [0.2, 0.25) is 17.2 Å². The third-order valence-corrected chi connectivity index (χ3v) is 4.95. The molecule has 4 rings (SSSR count). The predicted molar refractivity (Wildman–Crippen MR) is 102 cm³/mol. The van der Waals surface area contributed by atoms with Crippen LogP contribution in [0.25, 0.3) is 0 Å². The largest absolute Gasteiger partial charge is 0.378 e. The zero-order valence-electron chi connectivity index (χ0n) is 14.7. The highest BCUT2D eigenvalue weighted by Crippen LogP contribution is 2.19. The fourth-order valence-electron chi connectivity index (χ4n) is 3.32. The lowest BCUT2D eigenvalue weighted by Crippen LogP contribution is -2.46. The van der Waals surface area contributed by atoms with E-state index >= 15 is 0 Å². The molecule has 2 fully saturated rings. The van der Waals surface area contributed by atoms with E-state index in [2.05, 4.69) is 60.0 Å². The molecule has 0 spiro atoms. The maximum atomic E-state index is 6.17. The summed E-state index contributed by atoms with van der Waals surface area (Å²) in [6.45, 7) is 7.65. The molecule has 0 aliphatic carbocycles. The summed E-state index contributed by atoms with van der Waals surface area (Å²) in [5.41, 5.74) is 1.35. The lowest BCUT2D eigenvalue weighted by molar-refractivity contribution is 0.122. The van der Waals surface area contributed by atoms with E-state index in [1.54, 1.807) is 0 Å². The van der Waals surface area contributed by atoms with Gasteiger partial charge < -0.3 is 14.5 Å². The van der Waals surface area contributed by atoms with E-state index in [0.29, 0.717) is 25.1 Å². The minimum atomic E-state index is 0.253. The molecule has 1 aromatic heterocycles. The van der Waals surface area contributed by atoms with E-state index in [1.165, 1.54) is 5.56 Å². The number of hydrogen-bond donors (Lipinski definition) is 0. The van der Waals surface area contributed by atoms with E-state index in [-0.39, 0.29) is 5.28 Å². The minimum absolute atomic E-state index is 0.253. The van der Waals surface area contributed by atoms with Crippen LogP contribution >= 0.6 is 11.6 Å². The molecule has 2 aliphatic rings. The summed E-state index contributed by atoms with van der Waals surface area (Å²) in [7, 11) is 0. The summed E-state index contributed by atoms with van der Waals surface area (Å²) in [4.78, 5) is 20.1. The van der Waals surface area contributed by atoms with Crippen molar-refractivity contribution < 1.29 is 4.74 Å². The molecule has 0 unspecified atom stereocenters. The van der Waals surface area contributed by atoms with Gasteiger partial charge in [-0.2, -0.15) is 15.0 Å². The Morgan fingerprint density at radius 1 is 0.808 bits per heavy atom. The first kappa shape index (κ1) is 17.5. The Labute approximate surface area is 158 Å². The van der Waals surface area contributed by atoms with Crippen molar-refractivity contribution in [1.82, 2.24) is 19.9 Å². The van der Waals surface area contributed by atoms with Crippen LogP contribution in [-0.4, -0.2) is 72.3 Å². The first-order valence-corrected chi connectivity index (χ1v) is 9.41. The summed E-state index contributed by atoms with van der Waals surface area (Å²) >= 11 is 6.17. The molecular weight excluding hydrogens is 352 g/mol. The van der Waals surface area contributed by atoms with E-state index < -0.39 is 0 Å². The molecule has 2 aliphatic heterocycles. The van der Waals surface area contributed by atoms with Gasteiger partial charge in [-0.25, -0.2) is 0 Å². The van der Waals surface area contributed by atoms with Crippen LogP contribution in [0.1, 0.15) is 5.56 Å². The number of benzene rings is 1. The number of anilines is 2. The van der Waals surface area contributed by atoms with Gasteiger partial charge in [0.25, 0.3) is 0 Å². The smallest absolute Gasteiger partial charge is 0.231 e. The topological polar surface area (TPSA) is 57.6 Å². The van der Waals surface area contributed by atoms with Crippen LogP contribution in [0.3, 0.4) is 0 Å². The lowest BCUT2D eigenvalue weighted by atomic mass is 10.2. The third kappa shape index (κ3) is 4.23. The number of aromatic nitrogens is 3. The number of piperazine rings is 1. The van der Waals surface area contributed by atoms with Crippen molar-refractivity contribution in [3.8, 4) is 0 Å². The molecule has 0 bridgehead atoms. The van der Waals surface area contributed by atoms with Crippen molar-refractivity contribution in [2.24, 2.45) is 0 Å². The van der Waals surface area contributed by atoms with E-state index in [0.717, 1.165) is 45.8 Å². The van der Waals surface area contributed by atoms with Crippen molar-refractivity contribution in [1.29, 1.82) is 0 Å². The van der Waals surface area contributed by atoms with Crippen LogP contribution in [0.4, 0.5) is 11.9 Å². The Morgan fingerprint density at radius 3 is 2.08 bits per heavy atom. The van der Waals surface area contributed by atoms with Gasteiger partial charge in [0.05, 0.1) is 13.2 Å². The molecule has 1 aromatic carbocycles. The molecule has 0 radical (unpaired) electrons. The van der Waals surface area contributed by atoms with Gasteiger partial charge in [-0.3, -0.25) is 4.90 Å². The Hall–Kier alpha value is -1.96. The molecule has 138 valence electrons. The highest BCUT2D eigenvalue weighted by atomic mass is 35.5. The quantitative estimate of drug-likeness (QED) is 0.807. The van der Waals surface area contributed by atoms with E-state index in [4.69, 9.17) is 16.3 Å². The van der Waals surface area contributed by atoms with Gasteiger partial charge in [0.1, 0.15) is 0 Å². The second-order valence-electron chi connectivity index (χ2n) is 6.55.